The molecule has 0 aliphatic heterocycles. The summed E-state index contributed by atoms with van der Waals surface area (Å²) in [5.41, 5.74) is 0.645. The van der Waals surface area contributed by atoms with Gasteiger partial charge in [0.2, 0.25) is 4.96 Å². The van der Waals surface area contributed by atoms with Gasteiger partial charge < -0.3 is 0 Å². The first-order valence-corrected chi connectivity index (χ1v) is 7.64. The Labute approximate surface area is 137 Å². The van der Waals surface area contributed by atoms with Crippen molar-refractivity contribution in [2.45, 2.75) is 6.18 Å². The largest absolute Gasteiger partial charge is 0.416 e. The second-order valence-electron chi connectivity index (χ2n) is 4.94. The standard InChI is InChI=1S/C15H8F3N5S/c16-15(17,18)11-5-3-9(4-6-11)12-20-21-14-23(12)22-13(24-14)10-2-1-7-19-8-10/h1-8H. The van der Waals surface area contributed by atoms with E-state index in [4.69, 9.17) is 0 Å². The maximum absolute atomic E-state index is 12.7. The number of pyridine rings is 1. The Balaban J connectivity index is 1.76. The number of rotatable bonds is 2. The molecule has 0 bridgehead atoms. The van der Waals surface area contributed by atoms with Crippen molar-refractivity contribution >= 4 is 16.3 Å². The summed E-state index contributed by atoms with van der Waals surface area (Å²) >= 11 is 1.33. The van der Waals surface area contributed by atoms with Crippen molar-refractivity contribution in [2.24, 2.45) is 0 Å². The highest BCUT2D eigenvalue weighted by Crippen LogP contribution is 2.31. The molecule has 0 aliphatic rings. The Morgan fingerprint density at radius 2 is 1.75 bits per heavy atom. The zero-order valence-corrected chi connectivity index (χ0v) is 12.7. The maximum Gasteiger partial charge on any atom is 0.416 e. The molecule has 9 heteroatoms. The number of benzene rings is 1. The Kier molecular flexibility index (Phi) is 3.31. The van der Waals surface area contributed by atoms with Crippen molar-refractivity contribution in [1.82, 2.24) is 24.8 Å². The molecular formula is C15H8F3N5S. The highest BCUT2D eigenvalue weighted by Gasteiger charge is 2.30. The van der Waals surface area contributed by atoms with E-state index in [1.165, 1.54) is 28.0 Å². The molecule has 0 N–H and O–H groups in total. The lowest BCUT2D eigenvalue weighted by molar-refractivity contribution is -0.137. The van der Waals surface area contributed by atoms with Crippen molar-refractivity contribution in [3.05, 3.63) is 54.4 Å². The fraction of sp³-hybridized carbons (Fsp3) is 0.0667. The van der Waals surface area contributed by atoms with Crippen molar-refractivity contribution in [1.29, 1.82) is 0 Å². The van der Waals surface area contributed by atoms with E-state index in [-0.39, 0.29) is 0 Å². The van der Waals surface area contributed by atoms with E-state index in [0.717, 1.165) is 17.7 Å². The van der Waals surface area contributed by atoms with Gasteiger partial charge in [-0.15, -0.1) is 10.2 Å². The van der Waals surface area contributed by atoms with Crippen LogP contribution in [0.1, 0.15) is 5.56 Å². The van der Waals surface area contributed by atoms with Gasteiger partial charge in [-0.25, -0.2) is 0 Å². The first-order valence-electron chi connectivity index (χ1n) is 6.83. The zero-order valence-electron chi connectivity index (χ0n) is 11.9. The molecule has 0 saturated heterocycles. The minimum atomic E-state index is -4.37. The molecule has 0 fully saturated rings. The molecule has 3 heterocycles. The van der Waals surface area contributed by atoms with Gasteiger partial charge in [0.15, 0.2) is 5.82 Å². The van der Waals surface area contributed by atoms with Crippen LogP contribution in [0, 0.1) is 0 Å². The Hall–Kier alpha value is -2.81. The quantitative estimate of drug-likeness (QED) is 0.551. The number of hydrogen-bond acceptors (Lipinski definition) is 5. The summed E-state index contributed by atoms with van der Waals surface area (Å²) in [6, 6.07) is 8.44. The highest BCUT2D eigenvalue weighted by molar-refractivity contribution is 7.19. The van der Waals surface area contributed by atoms with Crippen molar-refractivity contribution in [2.75, 3.05) is 0 Å². The number of halogens is 3. The molecule has 1 aromatic carbocycles. The van der Waals surface area contributed by atoms with E-state index in [9.17, 15) is 13.2 Å². The lowest BCUT2D eigenvalue weighted by Crippen LogP contribution is -2.04. The molecule has 0 amide bonds. The summed E-state index contributed by atoms with van der Waals surface area (Å²) < 4.78 is 39.5. The van der Waals surface area contributed by atoms with Gasteiger partial charge in [0.25, 0.3) is 0 Å². The van der Waals surface area contributed by atoms with E-state index in [1.54, 1.807) is 18.5 Å². The van der Waals surface area contributed by atoms with E-state index < -0.39 is 11.7 Å². The first kappa shape index (κ1) is 14.8. The second kappa shape index (κ2) is 5.38. The fourth-order valence-electron chi connectivity index (χ4n) is 2.21. The number of nitrogens with zero attached hydrogens (tertiary/aromatic N) is 5. The van der Waals surface area contributed by atoms with E-state index in [0.29, 0.717) is 21.4 Å². The topological polar surface area (TPSA) is 56.0 Å². The minimum absolute atomic E-state index is 0.394. The molecule has 3 aromatic heterocycles. The van der Waals surface area contributed by atoms with E-state index in [2.05, 4.69) is 20.3 Å². The summed E-state index contributed by atoms with van der Waals surface area (Å²) in [5.74, 6) is 0.394. The Bertz CT molecular complexity index is 990. The minimum Gasteiger partial charge on any atom is -0.264 e. The third-order valence-electron chi connectivity index (χ3n) is 3.37. The molecule has 0 aliphatic carbocycles. The average Bonchev–Trinajstić information content (AvgIpc) is 3.15. The molecule has 0 unspecified atom stereocenters. The third kappa shape index (κ3) is 2.52. The van der Waals surface area contributed by atoms with Crippen LogP contribution in [-0.2, 0) is 6.18 Å². The van der Waals surface area contributed by atoms with Crippen molar-refractivity contribution < 1.29 is 13.2 Å². The van der Waals surface area contributed by atoms with Gasteiger partial charge in [-0.2, -0.15) is 22.8 Å². The third-order valence-corrected chi connectivity index (χ3v) is 4.32. The highest BCUT2D eigenvalue weighted by atomic mass is 32.1. The average molecular weight is 347 g/mol. The van der Waals surface area contributed by atoms with Crippen molar-refractivity contribution in [3.63, 3.8) is 0 Å². The van der Waals surface area contributed by atoms with Gasteiger partial charge in [0.05, 0.1) is 5.56 Å². The van der Waals surface area contributed by atoms with Crippen LogP contribution in [0.5, 0.6) is 0 Å². The normalized spacial score (nSPS) is 12.0. The zero-order chi connectivity index (χ0) is 16.7. The number of aromatic nitrogens is 5. The van der Waals surface area contributed by atoms with Gasteiger partial charge in [0, 0.05) is 23.5 Å². The molecule has 4 aromatic rings. The summed E-state index contributed by atoms with van der Waals surface area (Å²) in [4.78, 5) is 4.60. The summed E-state index contributed by atoms with van der Waals surface area (Å²) in [6.45, 7) is 0. The molecule has 24 heavy (non-hydrogen) atoms. The lowest BCUT2D eigenvalue weighted by Gasteiger charge is -2.06. The molecule has 0 atom stereocenters. The summed E-state index contributed by atoms with van der Waals surface area (Å²) in [6.07, 6.45) is -1.02. The molecule has 120 valence electrons. The SMILES string of the molecule is FC(F)(F)c1ccc(-c2nnc3sc(-c4cccnc4)nn23)cc1. The summed E-state index contributed by atoms with van der Waals surface area (Å²) in [7, 11) is 0. The Morgan fingerprint density at radius 1 is 0.958 bits per heavy atom. The van der Waals surface area contributed by atoms with Gasteiger partial charge in [-0.05, 0) is 24.3 Å². The molecule has 0 saturated carbocycles. The van der Waals surface area contributed by atoms with Crippen LogP contribution < -0.4 is 0 Å². The Morgan fingerprint density at radius 3 is 2.42 bits per heavy atom. The molecular weight excluding hydrogens is 339 g/mol. The molecule has 4 rings (SSSR count). The van der Waals surface area contributed by atoms with E-state index in [1.807, 2.05) is 6.07 Å². The van der Waals surface area contributed by atoms with Gasteiger partial charge in [0.1, 0.15) is 5.01 Å². The monoisotopic (exact) mass is 347 g/mol. The summed E-state index contributed by atoms with van der Waals surface area (Å²) in [5, 5.41) is 13.2. The van der Waals surface area contributed by atoms with Crippen LogP contribution >= 0.6 is 11.3 Å². The van der Waals surface area contributed by atoms with Crippen LogP contribution in [0.25, 0.3) is 26.9 Å². The maximum atomic E-state index is 12.7. The predicted octanol–water partition coefficient (Wildman–Crippen LogP) is 3.93. The fourth-order valence-corrected chi connectivity index (χ4v) is 3.04. The van der Waals surface area contributed by atoms with Gasteiger partial charge >= 0.3 is 6.18 Å². The van der Waals surface area contributed by atoms with Crippen LogP contribution in [-0.4, -0.2) is 24.8 Å². The number of hydrogen-bond donors (Lipinski definition) is 0. The predicted molar refractivity (Wildman–Crippen MR) is 82.3 cm³/mol. The second-order valence-corrected chi connectivity index (χ2v) is 5.90. The van der Waals surface area contributed by atoms with Crippen LogP contribution in [0.2, 0.25) is 0 Å². The molecule has 0 spiro atoms. The first-order chi connectivity index (χ1) is 11.5. The number of fused-ring (bicyclic) bond motifs is 1. The molecule has 5 nitrogen and oxygen atoms in total. The van der Waals surface area contributed by atoms with Gasteiger partial charge in [-0.3, -0.25) is 4.98 Å². The van der Waals surface area contributed by atoms with Gasteiger partial charge in [-0.1, -0.05) is 23.5 Å². The smallest absolute Gasteiger partial charge is 0.264 e. The lowest BCUT2D eigenvalue weighted by atomic mass is 10.1. The van der Waals surface area contributed by atoms with Crippen LogP contribution in [0.15, 0.2) is 48.8 Å². The van der Waals surface area contributed by atoms with Crippen LogP contribution in [0.4, 0.5) is 13.2 Å². The number of alkyl halides is 3. The molecule has 0 radical (unpaired) electrons. The van der Waals surface area contributed by atoms with Crippen molar-refractivity contribution in [3.8, 4) is 22.0 Å². The van der Waals surface area contributed by atoms with E-state index >= 15 is 0 Å². The van der Waals surface area contributed by atoms with Crippen LogP contribution in [0.3, 0.4) is 0 Å².